The molecule has 0 heterocycles. The molecule has 0 bridgehead atoms. The molecule has 7 heteroatoms. The number of aliphatic carboxylic acids is 1. The van der Waals surface area contributed by atoms with Gasteiger partial charge in [0.25, 0.3) is 0 Å². The molecule has 150 valence electrons. The molecule has 3 aromatic rings. The van der Waals surface area contributed by atoms with Gasteiger partial charge in [0.05, 0.1) is 5.02 Å². The molecule has 0 aliphatic heterocycles. The van der Waals surface area contributed by atoms with Gasteiger partial charge in [0.1, 0.15) is 11.6 Å². The molecule has 3 aromatic carbocycles. The molecule has 0 unspecified atom stereocenters. The number of hydrogen-bond acceptors (Lipinski definition) is 2. The first-order valence-corrected chi connectivity index (χ1v) is 9.75. The zero-order valence-electron chi connectivity index (χ0n) is 15.3. The first-order chi connectivity index (χ1) is 13.7. The van der Waals surface area contributed by atoms with Gasteiger partial charge in [0.2, 0.25) is 0 Å². The summed E-state index contributed by atoms with van der Waals surface area (Å²) in [4.78, 5) is 10.6. The summed E-state index contributed by atoms with van der Waals surface area (Å²) in [5.41, 5.74) is 4.22. The Labute approximate surface area is 182 Å². The summed E-state index contributed by atoms with van der Waals surface area (Å²) in [7, 11) is 0. The van der Waals surface area contributed by atoms with Gasteiger partial charge in [-0.15, -0.1) is 0 Å². The van der Waals surface area contributed by atoms with Crippen LogP contribution in [0.25, 0.3) is 11.1 Å². The second-order valence-corrected chi connectivity index (χ2v) is 7.72. The van der Waals surface area contributed by atoms with Gasteiger partial charge in [-0.05, 0) is 59.0 Å². The highest BCUT2D eigenvalue weighted by Crippen LogP contribution is 2.34. The fourth-order valence-electron chi connectivity index (χ4n) is 2.93. The zero-order valence-corrected chi connectivity index (χ0v) is 17.6. The molecule has 0 amide bonds. The molecule has 0 saturated carbocycles. The van der Waals surface area contributed by atoms with E-state index < -0.39 is 18.4 Å². The largest absolute Gasteiger partial charge is 0.482 e. The molecule has 0 fully saturated rings. The van der Waals surface area contributed by atoms with E-state index in [0.29, 0.717) is 22.0 Å². The van der Waals surface area contributed by atoms with Crippen molar-refractivity contribution in [2.24, 2.45) is 0 Å². The minimum Gasteiger partial charge on any atom is -0.482 e. The molecule has 3 nitrogen and oxygen atoms in total. The Balaban J connectivity index is 1.91. The average Bonchev–Trinajstić information content (AvgIpc) is 2.66. The summed E-state index contributed by atoms with van der Waals surface area (Å²) in [6.07, 6.45) is 0.445. The van der Waals surface area contributed by atoms with E-state index in [1.165, 1.54) is 24.3 Å². The van der Waals surface area contributed by atoms with Crippen LogP contribution in [0.15, 0.2) is 48.5 Å². The van der Waals surface area contributed by atoms with Crippen molar-refractivity contribution in [3.8, 4) is 16.9 Å². The Morgan fingerprint density at radius 1 is 1.00 bits per heavy atom. The predicted molar refractivity (Wildman–Crippen MR) is 114 cm³/mol. The minimum absolute atomic E-state index is 0.0753. The number of carboxylic acids is 1. The maximum atomic E-state index is 13.9. The Morgan fingerprint density at radius 3 is 2.31 bits per heavy atom. The standard InChI is InChI=1S/C22H16Cl3FO3/c1-12-2-3-13(6-16(12)14-4-5-18(23)21(26)8-14)7-17-19(24)9-15(10-20(17)25)29-11-22(27)28/h2-6,8-10H,7,11H2,1H3,(H,27,28). The van der Waals surface area contributed by atoms with Crippen molar-refractivity contribution in [1.82, 2.24) is 0 Å². The van der Waals surface area contributed by atoms with Crippen molar-refractivity contribution in [3.05, 3.63) is 86.1 Å². The smallest absolute Gasteiger partial charge is 0.341 e. The fraction of sp³-hybridized carbons (Fsp3) is 0.136. The third-order valence-electron chi connectivity index (χ3n) is 4.39. The third kappa shape index (κ3) is 5.21. The summed E-state index contributed by atoms with van der Waals surface area (Å²) in [5, 5.41) is 9.54. The molecule has 0 saturated heterocycles. The van der Waals surface area contributed by atoms with E-state index in [9.17, 15) is 9.18 Å². The highest BCUT2D eigenvalue weighted by molar-refractivity contribution is 6.36. The molecule has 0 aliphatic carbocycles. The lowest BCUT2D eigenvalue weighted by Gasteiger charge is -2.13. The summed E-state index contributed by atoms with van der Waals surface area (Å²) < 4.78 is 19.0. The molecular formula is C22H16Cl3FO3. The first kappa shape index (κ1) is 21.4. The number of carbonyl (C=O) groups is 1. The van der Waals surface area contributed by atoms with Crippen molar-refractivity contribution >= 4 is 40.8 Å². The molecule has 0 atom stereocenters. The molecular weight excluding hydrogens is 438 g/mol. The maximum absolute atomic E-state index is 13.9. The van der Waals surface area contributed by atoms with Gasteiger partial charge < -0.3 is 9.84 Å². The molecule has 29 heavy (non-hydrogen) atoms. The summed E-state index contributed by atoms with van der Waals surface area (Å²) in [6.45, 7) is 1.46. The minimum atomic E-state index is -1.09. The Morgan fingerprint density at radius 2 is 1.69 bits per heavy atom. The lowest BCUT2D eigenvalue weighted by molar-refractivity contribution is -0.139. The number of carboxylic acid groups (broad SMARTS) is 1. The van der Waals surface area contributed by atoms with Crippen LogP contribution in [0.1, 0.15) is 16.7 Å². The summed E-state index contributed by atoms with van der Waals surface area (Å²) >= 11 is 18.5. The lowest BCUT2D eigenvalue weighted by atomic mass is 9.95. The van der Waals surface area contributed by atoms with E-state index in [2.05, 4.69) is 0 Å². The maximum Gasteiger partial charge on any atom is 0.341 e. The zero-order chi connectivity index (χ0) is 21.1. The van der Waals surface area contributed by atoms with Crippen molar-refractivity contribution in [1.29, 1.82) is 0 Å². The number of ether oxygens (including phenoxy) is 1. The van der Waals surface area contributed by atoms with Gasteiger partial charge >= 0.3 is 5.97 Å². The molecule has 3 rings (SSSR count). The van der Waals surface area contributed by atoms with E-state index in [1.54, 1.807) is 6.07 Å². The van der Waals surface area contributed by atoms with E-state index >= 15 is 0 Å². The summed E-state index contributed by atoms with van der Waals surface area (Å²) in [6, 6.07) is 13.6. The van der Waals surface area contributed by atoms with Gasteiger partial charge in [-0.25, -0.2) is 9.18 Å². The van der Waals surface area contributed by atoms with Crippen LogP contribution in [0, 0.1) is 12.7 Å². The molecule has 0 spiro atoms. The van der Waals surface area contributed by atoms with Gasteiger partial charge in [0, 0.05) is 16.5 Å². The van der Waals surface area contributed by atoms with Crippen molar-refractivity contribution < 1.29 is 19.0 Å². The van der Waals surface area contributed by atoms with Crippen LogP contribution in [-0.2, 0) is 11.2 Å². The Hall–Kier alpha value is -2.27. The highest BCUT2D eigenvalue weighted by Gasteiger charge is 2.13. The van der Waals surface area contributed by atoms with Crippen LogP contribution in [-0.4, -0.2) is 17.7 Å². The summed E-state index contributed by atoms with van der Waals surface area (Å²) in [5.74, 6) is -1.28. The van der Waals surface area contributed by atoms with Crippen LogP contribution in [0.5, 0.6) is 5.75 Å². The van der Waals surface area contributed by atoms with Crippen molar-refractivity contribution in [3.63, 3.8) is 0 Å². The van der Waals surface area contributed by atoms with Crippen molar-refractivity contribution in [2.45, 2.75) is 13.3 Å². The van der Waals surface area contributed by atoms with E-state index in [1.807, 2.05) is 25.1 Å². The van der Waals surface area contributed by atoms with Gasteiger partial charge in [-0.1, -0.05) is 59.1 Å². The van der Waals surface area contributed by atoms with Crippen LogP contribution >= 0.6 is 34.8 Å². The lowest BCUT2D eigenvalue weighted by Crippen LogP contribution is -2.09. The van der Waals surface area contributed by atoms with Crippen molar-refractivity contribution in [2.75, 3.05) is 6.61 Å². The fourth-order valence-corrected chi connectivity index (χ4v) is 3.65. The number of aryl methyl sites for hydroxylation is 1. The van der Waals surface area contributed by atoms with Gasteiger partial charge in [-0.2, -0.15) is 0 Å². The average molecular weight is 454 g/mol. The number of hydrogen-bond donors (Lipinski definition) is 1. The predicted octanol–water partition coefficient (Wildman–Crippen LogP) is 6.82. The van der Waals surface area contributed by atoms with E-state index in [4.69, 9.17) is 44.6 Å². The molecule has 0 aromatic heterocycles. The number of benzene rings is 3. The quantitative estimate of drug-likeness (QED) is 0.445. The number of rotatable bonds is 6. The SMILES string of the molecule is Cc1ccc(Cc2c(Cl)cc(OCC(=O)O)cc2Cl)cc1-c1ccc(Cl)c(F)c1. The molecule has 1 N–H and O–H groups in total. The van der Waals surface area contributed by atoms with Crippen LogP contribution < -0.4 is 4.74 Å². The second-order valence-electron chi connectivity index (χ2n) is 6.50. The Kier molecular flexibility index (Phi) is 6.68. The van der Waals surface area contributed by atoms with Crippen LogP contribution in [0.3, 0.4) is 0 Å². The number of halogens is 4. The van der Waals surface area contributed by atoms with Crippen LogP contribution in [0.4, 0.5) is 4.39 Å². The topological polar surface area (TPSA) is 46.5 Å². The van der Waals surface area contributed by atoms with E-state index in [-0.39, 0.29) is 10.8 Å². The Bertz CT molecular complexity index is 1060. The normalized spacial score (nSPS) is 10.8. The second kappa shape index (κ2) is 9.04. The van der Waals surface area contributed by atoms with Crippen LogP contribution in [0.2, 0.25) is 15.1 Å². The first-order valence-electron chi connectivity index (χ1n) is 8.62. The van der Waals surface area contributed by atoms with Gasteiger partial charge in [0.15, 0.2) is 6.61 Å². The van der Waals surface area contributed by atoms with Gasteiger partial charge in [-0.3, -0.25) is 0 Å². The highest BCUT2D eigenvalue weighted by atomic mass is 35.5. The third-order valence-corrected chi connectivity index (χ3v) is 5.37. The van der Waals surface area contributed by atoms with E-state index in [0.717, 1.165) is 22.3 Å². The molecule has 0 radical (unpaired) electrons. The monoisotopic (exact) mass is 452 g/mol. The molecule has 0 aliphatic rings.